The van der Waals surface area contributed by atoms with E-state index in [1.807, 2.05) is 35.0 Å². The molecule has 2 aromatic heterocycles. The van der Waals surface area contributed by atoms with Gasteiger partial charge in [0.25, 0.3) is 5.91 Å². The van der Waals surface area contributed by atoms with Gasteiger partial charge in [0.2, 0.25) is 0 Å². The molecule has 1 saturated carbocycles. The number of amides is 1. The summed E-state index contributed by atoms with van der Waals surface area (Å²) in [5, 5.41) is 13.5. The Morgan fingerprint density at radius 1 is 1.21 bits per heavy atom. The number of esters is 1. The van der Waals surface area contributed by atoms with Gasteiger partial charge in [-0.1, -0.05) is 31.4 Å². The number of nitriles is 1. The predicted molar refractivity (Wildman–Crippen MR) is 112 cm³/mol. The van der Waals surface area contributed by atoms with Crippen LogP contribution in [0.2, 0.25) is 0 Å². The van der Waals surface area contributed by atoms with Crippen LogP contribution in [0.4, 0.5) is 0 Å². The third-order valence-electron chi connectivity index (χ3n) is 5.07. The number of carbonyl (C=O) groups excluding carboxylic acids is 2. The van der Waals surface area contributed by atoms with Gasteiger partial charge >= 0.3 is 5.97 Å². The zero-order chi connectivity index (χ0) is 20.0. The summed E-state index contributed by atoms with van der Waals surface area (Å²) in [6.07, 6.45) is 6.05. The first-order chi connectivity index (χ1) is 13.6. The van der Waals surface area contributed by atoms with Crippen LogP contribution in [-0.4, -0.2) is 36.0 Å². The Morgan fingerprint density at radius 3 is 2.54 bits per heavy atom. The molecule has 0 atom stereocenters. The maximum absolute atomic E-state index is 12.7. The van der Waals surface area contributed by atoms with Crippen molar-refractivity contribution in [3.63, 3.8) is 0 Å². The minimum atomic E-state index is -0.787. The summed E-state index contributed by atoms with van der Waals surface area (Å²) in [7, 11) is 1.63. The summed E-state index contributed by atoms with van der Waals surface area (Å²) in [5.41, 5.74) is -0.355. The van der Waals surface area contributed by atoms with E-state index >= 15 is 0 Å². The molecule has 2 heterocycles. The van der Waals surface area contributed by atoms with Gasteiger partial charge in [-0.05, 0) is 41.8 Å². The normalized spacial score (nSPS) is 16.2. The molecule has 0 N–H and O–H groups in total. The predicted octanol–water partition coefficient (Wildman–Crippen LogP) is 4.58. The second kappa shape index (κ2) is 9.18. The fraction of sp³-hybridized carbons (Fsp3) is 0.381. The topological polar surface area (TPSA) is 70.4 Å². The number of ether oxygens (including phenoxy) is 1. The molecule has 28 heavy (non-hydrogen) atoms. The first-order valence-electron chi connectivity index (χ1n) is 9.20. The summed E-state index contributed by atoms with van der Waals surface area (Å²) in [6.45, 7) is -0.369. The average Bonchev–Trinajstić information content (AvgIpc) is 3.43. The van der Waals surface area contributed by atoms with Crippen LogP contribution in [0.5, 0.6) is 0 Å². The van der Waals surface area contributed by atoms with Gasteiger partial charge in [-0.3, -0.25) is 4.79 Å². The highest BCUT2D eigenvalue weighted by Crippen LogP contribution is 2.32. The lowest BCUT2D eigenvalue weighted by Crippen LogP contribution is -2.51. The molecule has 1 aliphatic carbocycles. The fourth-order valence-corrected chi connectivity index (χ4v) is 4.76. The van der Waals surface area contributed by atoms with Crippen LogP contribution >= 0.6 is 22.7 Å². The van der Waals surface area contributed by atoms with Crippen molar-refractivity contribution < 1.29 is 14.3 Å². The zero-order valence-electron chi connectivity index (χ0n) is 15.7. The molecule has 3 rings (SSSR count). The summed E-state index contributed by atoms with van der Waals surface area (Å²) < 4.78 is 5.34. The van der Waals surface area contributed by atoms with E-state index in [0.29, 0.717) is 18.4 Å². The molecular weight excluding hydrogens is 392 g/mol. The molecular formula is C21H22N2O3S2. The number of rotatable bonds is 6. The van der Waals surface area contributed by atoms with Gasteiger partial charge in [0.05, 0.1) is 11.6 Å². The maximum atomic E-state index is 12.7. The number of thiophene rings is 2. The van der Waals surface area contributed by atoms with Crippen molar-refractivity contribution in [2.45, 2.75) is 37.6 Å². The van der Waals surface area contributed by atoms with E-state index in [-0.39, 0.29) is 12.5 Å². The zero-order valence-corrected chi connectivity index (χ0v) is 17.4. The third kappa shape index (κ3) is 4.51. The molecule has 0 unspecified atom stereocenters. The van der Waals surface area contributed by atoms with Crippen molar-refractivity contribution in [3.05, 3.63) is 44.8 Å². The van der Waals surface area contributed by atoms with Crippen LogP contribution < -0.4 is 0 Å². The van der Waals surface area contributed by atoms with Crippen molar-refractivity contribution in [1.82, 2.24) is 4.90 Å². The Balaban J connectivity index is 1.69. The van der Waals surface area contributed by atoms with Crippen LogP contribution in [0.25, 0.3) is 11.6 Å². The van der Waals surface area contributed by atoms with E-state index in [2.05, 4.69) is 6.07 Å². The first kappa shape index (κ1) is 20.3. The van der Waals surface area contributed by atoms with E-state index in [0.717, 1.165) is 29.0 Å². The average molecular weight is 415 g/mol. The van der Waals surface area contributed by atoms with Gasteiger partial charge in [0.1, 0.15) is 5.54 Å². The molecule has 1 amide bonds. The van der Waals surface area contributed by atoms with Crippen molar-refractivity contribution in [2.24, 2.45) is 0 Å². The van der Waals surface area contributed by atoms with Crippen LogP contribution in [0.3, 0.4) is 0 Å². The van der Waals surface area contributed by atoms with Crippen LogP contribution in [-0.2, 0) is 14.3 Å². The molecule has 0 aliphatic heterocycles. The molecule has 0 spiro atoms. The standard InChI is InChI=1S/C21H22N2O3S2/c1-23(21(15-22)9-3-2-4-10-21)19(24)14-26-20(25)17(18-8-6-12-28-18)13-16-7-5-11-27-16/h5-8,11-13H,2-4,9-10,14H2,1H3/b17-13+. The molecule has 0 saturated heterocycles. The summed E-state index contributed by atoms with van der Waals surface area (Å²) in [4.78, 5) is 28.5. The summed E-state index contributed by atoms with van der Waals surface area (Å²) in [6, 6.07) is 9.87. The highest BCUT2D eigenvalue weighted by Gasteiger charge is 2.39. The maximum Gasteiger partial charge on any atom is 0.340 e. The highest BCUT2D eigenvalue weighted by atomic mass is 32.1. The molecule has 1 aliphatic rings. The van der Waals surface area contributed by atoms with E-state index in [9.17, 15) is 14.9 Å². The minimum Gasteiger partial charge on any atom is -0.452 e. The number of nitrogens with zero attached hydrogens (tertiary/aromatic N) is 2. The van der Waals surface area contributed by atoms with Gasteiger partial charge in [-0.15, -0.1) is 22.7 Å². The lowest BCUT2D eigenvalue weighted by atomic mass is 9.81. The summed E-state index contributed by atoms with van der Waals surface area (Å²) >= 11 is 2.97. The summed E-state index contributed by atoms with van der Waals surface area (Å²) in [5.74, 6) is -0.884. The molecule has 2 aromatic rings. The lowest BCUT2D eigenvalue weighted by Gasteiger charge is -2.38. The Kier molecular flexibility index (Phi) is 6.65. The Labute approximate surface area is 172 Å². The minimum absolute atomic E-state index is 0.349. The Bertz CT molecular complexity index is 873. The van der Waals surface area contributed by atoms with Crippen LogP contribution in [0.15, 0.2) is 35.0 Å². The number of likely N-dealkylation sites (N-methyl/N-ethyl adjacent to an activating group) is 1. The quantitative estimate of drug-likeness (QED) is 0.512. The van der Waals surface area contributed by atoms with Crippen molar-refractivity contribution in [1.29, 1.82) is 5.26 Å². The molecule has 0 aromatic carbocycles. The van der Waals surface area contributed by atoms with E-state index in [4.69, 9.17) is 4.74 Å². The van der Waals surface area contributed by atoms with Crippen LogP contribution in [0.1, 0.15) is 41.9 Å². The Morgan fingerprint density at radius 2 is 1.93 bits per heavy atom. The van der Waals surface area contributed by atoms with Crippen LogP contribution in [0, 0.1) is 11.3 Å². The van der Waals surface area contributed by atoms with Crippen molar-refractivity contribution in [2.75, 3.05) is 13.7 Å². The van der Waals surface area contributed by atoms with Gasteiger partial charge in [-0.25, -0.2) is 4.79 Å². The van der Waals surface area contributed by atoms with E-state index in [1.54, 1.807) is 13.1 Å². The lowest BCUT2D eigenvalue weighted by molar-refractivity contribution is -0.149. The molecule has 0 bridgehead atoms. The molecule has 1 fully saturated rings. The second-order valence-electron chi connectivity index (χ2n) is 6.78. The molecule has 146 valence electrons. The smallest absolute Gasteiger partial charge is 0.340 e. The van der Waals surface area contributed by atoms with E-state index in [1.165, 1.54) is 27.6 Å². The second-order valence-corrected chi connectivity index (χ2v) is 8.71. The highest BCUT2D eigenvalue weighted by molar-refractivity contribution is 7.12. The fourth-order valence-electron chi connectivity index (χ4n) is 3.38. The van der Waals surface area contributed by atoms with Crippen molar-refractivity contribution in [3.8, 4) is 6.07 Å². The Hall–Kier alpha value is -2.43. The molecule has 7 heteroatoms. The van der Waals surface area contributed by atoms with Crippen molar-refractivity contribution >= 4 is 46.2 Å². The first-order valence-corrected chi connectivity index (χ1v) is 11.0. The van der Waals surface area contributed by atoms with Gasteiger partial charge in [0.15, 0.2) is 6.61 Å². The molecule has 0 radical (unpaired) electrons. The third-order valence-corrected chi connectivity index (χ3v) is 6.79. The number of hydrogen-bond acceptors (Lipinski definition) is 6. The number of carbonyl (C=O) groups is 2. The SMILES string of the molecule is CN(C(=O)COC(=O)/C(=C/c1cccs1)c1cccs1)C1(C#N)CCCCC1. The van der Waals surface area contributed by atoms with E-state index < -0.39 is 11.5 Å². The largest absolute Gasteiger partial charge is 0.452 e. The van der Waals surface area contributed by atoms with Gasteiger partial charge in [0, 0.05) is 16.8 Å². The monoisotopic (exact) mass is 414 g/mol. The van der Waals surface area contributed by atoms with Gasteiger partial charge < -0.3 is 9.64 Å². The number of hydrogen-bond donors (Lipinski definition) is 0. The molecule has 5 nitrogen and oxygen atoms in total. The van der Waals surface area contributed by atoms with Gasteiger partial charge in [-0.2, -0.15) is 5.26 Å².